The number of H-pyrrole nitrogens is 1. The molecule has 170 valence electrons. The van der Waals surface area contributed by atoms with Gasteiger partial charge in [-0.2, -0.15) is 0 Å². The Balaban J connectivity index is 1.48. The fraction of sp³-hybridized carbons (Fsp3) is 0.483. The summed E-state index contributed by atoms with van der Waals surface area (Å²) >= 11 is 0. The van der Waals surface area contributed by atoms with E-state index in [0.29, 0.717) is 0 Å². The fourth-order valence-corrected chi connectivity index (χ4v) is 5.25. The lowest BCUT2D eigenvalue weighted by atomic mass is 9.88. The van der Waals surface area contributed by atoms with Gasteiger partial charge < -0.3 is 10.3 Å². The maximum absolute atomic E-state index is 12.2. The third kappa shape index (κ3) is 5.89. The van der Waals surface area contributed by atoms with Gasteiger partial charge >= 0.3 is 0 Å². The quantitative estimate of drug-likeness (QED) is 0.381. The molecule has 1 aliphatic carbocycles. The Hall–Kier alpha value is -2.39. The van der Waals surface area contributed by atoms with Crippen LogP contribution in [0, 0.1) is 5.92 Å². The van der Waals surface area contributed by atoms with E-state index in [1.54, 1.807) is 0 Å². The van der Waals surface area contributed by atoms with Gasteiger partial charge in [0.25, 0.3) is 5.56 Å². The molecule has 4 rings (SSSR count). The van der Waals surface area contributed by atoms with Crippen LogP contribution in [0.15, 0.2) is 59.4 Å². The minimum absolute atomic E-state index is 0.0275. The van der Waals surface area contributed by atoms with Gasteiger partial charge in [-0.05, 0) is 66.4 Å². The lowest BCUT2D eigenvalue weighted by Gasteiger charge is -2.22. The van der Waals surface area contributed by atoms with Crippen molar-refractivity contribution in [2.45, 2.75) is 77.2 Å². The third-order valence-electron chi connectivity index (χ3n) is 7.15. The summed E-state index contributed by atoms with van der Waals surface area (Å²) in [6.45, 7) is 3.06. The van der Waals surface area contributed by atoms with Crippen LogP contribution in [0.25, 0.3) is 10.9 Å². The van der Waals surface area contributed by atoms with Gasteiger partial charge in [-0.3, -0.25) is 4.79 Å². The second-order valence-electron chi connectivity index (χ2n) is 9.48. The first-order valence-corrected chi connectivity index (χ1v) is 12.7. The molecule has 1 saturated carbocycles. The fourth-order valence-electron chi connectivity index (χ4n) is 5.25. The minimum Gasteiger partial charge on any atom is -0.322 e. The zero-order valence-corrected chi connectivity index (χ0v) is 19.5. The molecule has 1 fully saturated rings. The lowest BCUT2D eigenvalue weighted by Crippen LogP contribution is -2.24. The van der Waals surface area contributed by atoms with Crippen molar-refractivity contribution in [3.8, 4) is 0 Å². The topological polar surface area (TPSA) is 44.9 Å². The Kier molecular flexibility index (Phi) is 8.17. The van der Waals surface area contributed by atoms with Crippen LogP contribution in [0.4, 0.5) is 0 Å². The molecular weight excluding hydrogens is 392 g/mol. The Morgan fingerprint density at radius 2 is 1.69 bits per heavy atom. The molecule has 1 unspecified atom stereocenters. The minimum atomic E-state index is 0.0275. The Morgan fingerprint density at radius 3 is 2.44 bits per heavy atom. The van der Waals surface area contributed by atoms with E-state index >= 15 is 0 Å². The molecule has 0 spiro atoms. The van der Waals surface area contributed by atoms with Crippen LogP contribution in [0.5, 0.6) is 0 Å². The molecule has 2 N–H and O–H groups in total. The monoisotopic (exact) mass is 430 g/mol. The van der Waals surface area contributed by atoms with Gasteiger partial charge in [0.15, 0.2) is 0 Å². The van der Waals surface area contributed by atoms with Gasteiger partial charge in [-0.15, -0.1) is 0 Å². The largest absolute Gasteiger partial charge is 0.322 e. The van der Waals surface area contributed by atoms with Crippen molar-refractivity contribution in [3.63, 3.8) is 0 Å². The smallest absolute Gasteiger partial charge is 0.251 e. The molecule has 0 saturated heterocycles. The molecule has 3 aromatic rings. The average molecular weight is 431 g/mol. The van der Waals surface area contributed by atoms with Crippen molar-refractivity contribution >= 4 is 10.9 Å². The molecule has 32 heavy (non-hydrogen) atoms. The van der Waals surface area contributed by atoms with Crippen molar-refractivity contribution < 1.29 is 0 Å². The van der Waals surface area contributed by atoms with E-state index in [-0.39, 0.29) is 11.6 Å². The van der Waals surface area contributed by atoms with E-state index in [1.807, 2.05) is 13.0 Å². The maximum Gasteiger partial charge on any atom is 0.251 e. The van der Waals surface area contributed by atoms with Crippen LogP contribution >= 0.6 is 0 Å². The van der Waals surface area contributed by atoms with Crippen molar-refractivity contribution in [3.05, 3.63) is 81.6 Å². The van der Waals surface area contributed by atoms with Crippen LogP contribution in [0.2, 0.25) is 0 Å². The van der Waals surface area contributed by atoms with Crippen LogP contribution < -0.4 is 10.9 Å². The summed E-state index contributed by atoms with van der Waals surface area (Å²) in [4.78, 5) is 15.2. The second kappa shape index (κ2) is 11.5. The van der Waals surface area contributed by atoms with Gasteiger partial charge in [-0.1, -0.05) is 88.3 Å². The number of nitrogens with one attached hydrogen (secondary N) is 2. The predicted molar refractivity (Wildman–Crippen MR) is 135 cm³/mol. The number of benzene rings is 2. The second-order valence-corrected chi connectivity index (χ2v) is 9.48. The molecule has 0 aliphatic heterocycles. The van der Waals surface area contributed by atoms with Crippen LogP contribution in [0.3, 0.4) is 0 Å². The summed E-state index contributed by atoms with van der Waals surface area (Å²) in [5.41, 5.74) is 4.33. The summed E-state index contributed by atoms with van der Waals surface area (Å²) in [5.74, 6) is 0.914. The summed E-state index contributed by atoms with van der Waals surface area (Å²) in [6.07, 6.45) is 13.3. The highest BCUT2D eigenvalue weighted by atomic mass is 16.1. The average Bonchev–Trinajstić information content (AvgIpc) is 2.80. The normalized spacial score (nSPS) is 16.5. The van der Waals surface area contributed by atoms with E-state index in [2.05, 4.69) is 58.8 Å². The van der Waals surface area contributed by atoms with Crippen LogP contribution in [-0.2, 0) is 6.42 Å². The molecular formula is C29H38N2O. The summed E-state index contributed by atoms with van der Waals surface area (Å²) < 4.78 is 0. The molecule has 1 atom stereocenters. The van der Waals surface area contributed by atoms with Crippen molar-refractivity contribution in [1.29, 1.82) is 0 Å². The third-order valence-corrected chi connectivity index (χ3v) is 7.15. The number of hydrogen-bond donors (Lipinski definition) is 2. The molecule has 3 nitrogen and oxygen atoms in total. The van der Waals surface area contributed by atoms with Gasteiger partial charge in [0, 0.05) is 11.1 Å². The first kappa shape index (κ1) is 22.8. The zero-order valence-electron chi connectivity index (χ0n) is 19.5. The summed E-state index contributed by atoms with van der Waals surface area (Å²) in [5, 5.41) is 4.96. The Bertz CT molecular complexity index is 1030. The van der Waals surface area contributed by atoms with E-state index < -0.39 is 0 Å². The molecule has 2 aromatic carbocycles. The molecule has 1 heterocycles. The van der Waals surface area contributed by atoms with Gasteiger partial charge in [0.2, 0.25) is 0 Å². The van der Waals surface area contributed by atoms with Crippen LogP contribution in [-0.4, -0.2) is 11.5 Å². The summed E-state index contributed by atoms with van der Waals surface area (Å²) in [7, 11) is 0. The van der Waals surface area contributed by atoms with Crippen molar-refractivity contribution in [2.24, 2.45) is 5.92 Å². The number of aryl methyl sites for hydroxylation is 1. The van der Waals surface area contributed by atoms with E-state index in [1.165, 1.54) is 68.9 Å². The number of rotatable bonds is 8. The molecule has 0 amide bonds. The molecule has 0 bridgehead atoms. The molecule has 1 aliphatic rings. The maximum atomic E-state index is 12.2. The van der Waals surface area contributed by atoms with Crippen LogP contribution in [0.1, 0.15) is 87.4 Å². The predicted octanol–water partition coefficient (Wildman–Crippen LogP) is 6.91. The first-order chi connectivity index (χ1) is 15.7. The van der Waals surface area contributed by atoms with Gasteiger partial charge in [0.05, 0.1) is 6.04 Å². The molecule has 0 radical (unpaired) electrons. The molecule has 1 aromatic heterocycles. The van der Waals surface area contributed by atoms with E-state index in [4.69, 9.17) is 0 Å². The Morgan fingerprint density at radius 1 is 0.938 bits per heavy atom. The molecule has 3 heteroatoms. The van der Waals surface area contributed by atoms with E-state index in [0.717, 1.165) is 35.3 Å². The number of aromatic amines is 1. The lowest BCUT2D eigenvalue weighted by molar-refractivity contribution is 0.348. The highest BCUT2D eigenvalue weighted by molar-refractivity contribution is 5.80. The highest BCUT2D eigenvalue weighted by Crippen LogP contribution is 2.27. The Labute approximate surface area is 192 Å². The van der Waals surface area contributed by atoms with Gasteiger partial charge in [0.1, 0.15) is 0 Å². The number of pyridine rings is 1. The first-order valence-electron chi connectivity index (χ1n) is 12.7. The SMILES string of the molecule is CCc1cc2cc(C(NCCCC3CCCCCCC3)c3ccccc3)ccc2[nH]c1=O. The van der Waals surface area contributed by atoms with E-state index in [9.17, 15) is 4.79 Å². The number of fused-ring (bicyclic) bond motifs is 1. The summed E-state index contributed by atoms with van der Waals surface area (Å²) in [6, 6.07) is 19.4. The van der Waals surface area contributed by atoms with Gasteiger partial charge in [-0.25, -0.2) is 0 Å². The number of aromatic nitrogens is 1. The van der Waals surface area contributed by atoms with Crippen molar-refractivity contribution in [2.75, 3.05) is 6.54 Å². The zero-order chi connectivity index (χ0) is 22.2. The highest BCUT2D eigenvalue weighted by Gasteiger charge is 2.16. The standard InChI is InChI=1S/C29H38N2O/c1-2-23-20-26-21-25(17-18-27(26)31-29(23)32)28(24-15-9-6-10-16-24)30-19-11-14-22-12-7-4-3-5-8-13-22/h6,9-10,15-18,20-22,28,30H,2-5,7-8,11-14,19H2,1H3,(H,31,32). The van der Waals surface area contributed by atoms with Crippen molar-refractivity contribution in [1.82, 2.24) is 10.3 Å². The number of hydrogen-bond acceptors (Lipinski definition) is 2.